The zero-order chi connectivity index (χ0) is 16.9. The first-order valence-corrected chi connectivity index (χ1v) is 8.94. The molecule has 5 heteroatoms. The Labute approximate surface area is 143 Å². The van der Waals surface area contributed by atoms with E-state index < -0.39 is 0 Å². The lowest BCUT2D eigenvalue weighted by Crippen LogP contribution is -2.24. The van der Waals surface area contributed by atoms with Crippen molar-refractivity contribution in [3.05, 3.63) is 47.5 Å². The number of rotatable bonds is 7. The van der Waals surface area contributed by atoms with E-state index in [4.69, 9.17) is 0 Å². The first-order chi connectivity index (χ1) is 11.7. The lowest BCUT2D eigenvalue weighted by Gasteiger charge is -2.17. The fraction of sp³-hybridized carbons (Fsp3) is 0.526. The lowest BCUT2D eigenvalue weighted by atomic mass is 10.1. The van der Waals surface area contributed by atoms with Crippen molar-refractivity contribution in [2.45, 2.75) is 58.5 Å². The van der Waals surface area contributed by atoms with E-state index in [-0.39, 0.29) is 11.8 Å². The molecule has 2 aromatic rings. The second-order valence-electron chi connectivity index (χ2n) is 6.54. The number of unbranched alkanes of at least 4 members (excludes halogenated alkanes) is 1. The Hall–Kier alpha value is -2.17. The highest BCUT2D eigenvalue weighted by Gasteiger charge is 2.33. The van der Waals surface area contributed by atoms with Crippen LogP contribution in [0.25, 0.3) is 0 Å². The third-order valence-electron chi connectivity index (χ3n) is 4.75. The predicted octanol–water partition coefficient (Wildman–Crippen LogP) is 3.16. The third kappa shape index (κ3) is 3.66. The van der Waals surface area contributed by atoms with Crippen molar-refractivity contribution in [1.82, 2.24) is 19.7 Å². The highest BCUT2D eigenvalue weighted by Crippen LogP contribution is 2.28. The summed E-state index contributed by atoms with van der Waals surface area (Å²) in [6.07, 6.45) is 5.41. The van der Waals surface area contributed by atoms with Crippen LogP contribution in [-0.2, 0) is 24.3 Å². The summed E-state index contributed by atoms with van der Waals surface area (Å²) in [6.45, 7) is 6.62. The first-order valence-electron chi connectivity index (χ1n) is 8.94. The van der Waals surface area contributed by atoms with Gasteiger partial charge in [0.05, 0.1) is 0 Å². The number of carbonyl (C=O) groups excluding carboxylic acids is 1. The number of carbonyl (C=O) groups is 1. The van der Waals surface area contributed by atoms with Crippen molar-refractivity contribution >= 4 is 5.91 Å². The van der Waals surface area contributed by atoms with E-state index in [0.29, 0.717) is 13.0 Å². The highest BCUT2D eigenvalue weighted by atomic mass is 16.2. The van der Waals surface area contributed by atoms with E-state index in [0.717, 1.165) is 38.2 Å². The summed E-state index contributed by atoms with van der Waals surface area (Å²) in [7, 11) is 0. The van der Waals surface area contributed by atoms with Gasteiger partial charge in [-0.3, -0.25) is 4.79 Å². The van der Waals surface area contributed by atoms with Crippen LogP contribution in [0.2, 0.25) is 0 Å². The molecule has 0 N–H and O–H groups in total. The maximum Gasteiger partial charge on any atom is 0.223 e. The van der Waals surface area contributed by atoms with Gasteiger partial charge in [-0.15, -0.1) is 0 Å². The molecular weight excluding hydrogens is 300 g/mol. The Balaban J connectivity index is 1.66. The van der Waals surface area contributed by atoms with E-state index in [1.807, 2.05) is 9.58 Å². The van der Waals surface area contributed by atoms with Crippen LogP contribution in [0.5, 0.6) is 0 Å². The lowest BCUT2D eigenvalue weighted by molar-refractivity contribution is -0.128. The molecule has 1 saturated heterocycles. The molecule has 1 aromatic heterocycles. The molecule has 0 saturated carbocycles. The molecule has 5 nitrogen and oxygen atoms in total. The topological polar surface area (TPSA) is 51.0 Å². The number of aryl methyl sites for hydroxylation is 2. The molecule has 1 atom stereocenters. The maximum atomic E-state index is 12.4. The van der Waals surface area contributed by atoms with E-state index in [1.165, 1.54) is 11.1 Å². The van der Waals surface area contributed by atoms with Gasteiger partial charge in [-0.2, -0.15) is 5.10 Å². The maximum absolute atomic E-state index is 12.4. The monoisotopic (exact) mass is 326 g/mol. The van der Waals surface area contributed by atoms with Crippen molar-refractivity contribution in [3.8, 4) is 0 Å². The number of nitrogens with zero attached hydrogens (tertiary/aromatic N) is 4. The molecule has 2 heterocycles. The van der Waals surface area contributed by atoms with Crippen LogP contribution in [0.4, 0.5) is 0 Å². The molecule has 24 heavy (non-hydrogen) atoms. The molecule has 0 spiro atoms. The zero-order valence-corrected chi connectivity index (χ0v) is 14.6. The number of likely N-dealkylation sites (tertiary alicyclic amines) is 1. The van der Waals surface area contributed by atoms with Crippen LogP contribution >= 0.6 is 0 Å². The summed E-state index contributed by atoms with van der Waals surface area (Å²) in [5, 5.41) is 4.33. The number of amides is 1. The van der Waals surface area contributed by atoms with Crippen molar-refractivity contribution < 1.29 is 4.79 Å². The van der Waals surface area contributed by atoms with Gasteiger partial charge in [-0.25, -0.2) is 9.67 Å². The molecule has 1 aliphatic rings. The van der Waals surface area contributed by atoms with E-state index in [2.05, 4.69) is 48.2 Å². The second kappa shape index (κ2) is 7.60. The minimum absolute atomic E-state index is 0.159. The fourth-order valence-corrected chi connectivity index (χ4v) is 3.27. The van der Waals surface area contributed by atoms with Gasteiger partial charge in [0.2, 0.25) is 5.91 Å². The summed E-state index contributed by atoms with van der Waals surface area (Å²) in [4.78, 5) is 18.8. The molecule has 1 aliphatic heterocycles. The molecule has 0 bridgehead atoms. The van der Waals surface area contributed by atoms with Gasteiger partial charge in [0.25, 0.3) is 0 Å². The highest BCUT2D eigenvalue weighted by molar-refractivity contribution is 5.79. The minimum atomic E-state index is 0.159. The van der Waals surface area contributed by atoms with Crippen molar-refractivity contribution in [2.75, 3.05) is 6.54 Å². The number of hydrogen-bond acceptors (Lipinski definition) is 3. The summed E-state index contributed by atoms with van der Waals surface area (Å²) >= 11 is 0. The summed E-state index contributed by atoms with van der Waals surface area (Å²) < 4.78 is 1.97. The van der Waals surface area contributed by atoms with E-state index in [1.54, 1.807) is 6.33 Å². The van der Waals surface area contributed by atoms with Crippen LogP contribution in [0, 0.1) is 0 Å². The minimum Gasteiger partial charge on any atom is -0.338 e. The van der Waals surface area contributed by atoms with Crippen molar-refractivity contribution in [3.63, 3.8) is 0 Å². The average Bonchev–Trinajstić information content (AvgIpc) is 3.20. The van der Waals surface area contributed by atoms with Crippen LogP contribution in [-0.4, -0.2) is 32.1 Å². The van der Waals surface area contributed by atoms with E-state index in [9.17, 15) is 4.79 Å². The quantitative estimate of drug-likeness (QED) is 0.785. The molecule has 1 aromatic carbocycles. The van der Waals surface area contributed by atoms with E-state index >= 15 is 0 Å². The largest absolute Gasteiger partial charge is 0.338 e. The van der Waals surface area contributed by atoms with Gasteiger partial charge < -0.3 is 4.90 Å². The van der Waals surface area contributed by atoms with Gasteiger partial charge in [-0.1, -0.05) is 44.5 Å². The van der Waals surface area contributed by atoms with Crippen LogP contribution in [0.1, 0.15) is 56.0 Å². The number of hydrogen-bond donors (Lipinski definition) is 0. The molecule has 1 amide bonds. The third-order valence-corrected chi connectivity index (χ3v) is 4.75. The molecule has 128 valence electrons. The molecule has 0 aliphatic carbocycles. The van der Waals surface area contributed by atoms with Crippen LogP contribution < -0.4 is 0 Å². The van der Waals surface area contributed by atoms with Gasteiger partial charge in [0.15, 0.2) is 0 Å². The molecule has 1 fully saturated rings. The summed E-state index contributed by atoms with van der Waals surface area (Å²) in [5.41, 5.74) is 2.52. The standard InChI is InChI=1S/C19H26N4O/c1-3-5-10-23-19(20-14-21-23)17-11-18(24)22(13-17)12-16-8-6-15(4-2)7-9-16/h6-9,14,17H,3-5,10-13H2,1-2H3/t17-/m0/s1. The van der Waals surface area contributed by atoms with Gasteiger partial charge in [0, 0.05) is 32.0 Å². The zero-order valence-electron chi connectivity index (χ0n) is 14.6. The summed E-state index contributed by atoms with van der Waals surface area (Å²) in [6, 6.07) is 8.55. The average molecular weight is 326 g/mol. The molecular formula is C19H26N4O. The van der Waals surface area contributed by atoms with Crippen LogP contribution in [0.3, 0.4) is 0 Å². The molecule has 0 unspecified atom stereocenters. The Morgan fingerprint density at radius 1 is 1.17 bits per heavy atom. The fourth-order valence-electron chi connectivity index (χ4n) is 3.27. The predicted molar refractivity (Wildman–Crippen MR) is 93.5 cm³/mol. The van der Waals surface area contributed by atoms with Gasteiger partial charge in [-0.05, 0) is 24.0 Å². The SMILES string of the molecule is CCCCn1ncnc1[C@H]1CC(=O)N(Cc2ccc(CC)cc2)C1. The van der Waals surface area contributed by atoms with Crippen LogP contribution in [0.15, 0.2) is 30.6 Å². The Kier molecular flexibility index (Phi) is 5.28. The van der Waals surface area contributed by atoms with Crippen molar-refractivity contribution in [1.29, 1.82) is 0 Å². The smallest absolute Gasteiger partial charge is 0.223 e. The summed E-state index contributed by atoms with van der Waals surface area (Å²) in [5.74, 6) is 1.33. The second-order valence-corrected chi connectivity index (χ2v) is 6.54. The van der Waals surface area contributed by atoms with Gasteiger partial charge >= 0.3 is 0 Å². The Bertz CT molecular complexity index is 677. The molecule has 0 radical (unpaired) electrons. The van der Waals surface area contributed by atoms with Crippen molar-refractivity contribution in [2.24, 2.45) is 0 Å². The number of benzene rings is 1. The Morgan fingerprint density at radius 3 is 2.62 bits per heavy atom. The van der Waals surface area contributed by atoms with Gasteiger partial charge in [0.1, 0.15) is 12.2 Å². The number of aromatic nitrogens is 3. The molecule has 3 rings (SSSR count). The Morgan fingerprint density at radius 2 is 1.92 bits per heavy atom. The first kappa shape index (κ1) is 16.7. The normalized spacial score (nSPS) is 17.7.